The van der Waals surface area contributed by atoms with E-state index in [0.717, 1.165) is 0 Å². The average molecular weight is 489 g/mol. The van der Waals surface area contributed by atoms with E-state index >= 15 is 0 Å². The van der Waals surface area contributed by atoms with Crippen LogP contribution in [-0.4, -0.2) is 24.3 Å². The first-order chi connectivity index (χ1) is 13.3. The number of carbonyl (C=O) groups excluding carboxylic acids is 3. The second-order valence-electron chi connectivity index (χ2n) is 5.49. The Kier molecular flexibility index (Phi) is 8.56. The first kappa shape index (κ1) is 22.0. The van der Waals surface area contributed by atoms with Crippen molar-refractivity contribution in [3.05, 3.63) is 57.0 Å². The van der Waals surface area contributed by atoms with Gasteiger partial charge in [0.25, 0.3) is 5.91 Å². The molecule has 0 saturated carbocycles. The fourth-order valence-electron chi connectivity index (χ4n) is 1.98. The van der Waals surface area contributed by atoms with Crippen LogP contribution in [0.5, 0.6) is 5.75 Å². The minimum Gasteiger partial charge on any atom is -0.483 e. The van der Waals surface area contributed by atoms with Gasteiger partial charge in [0, 0.05) is 17.9 Å². The SMILES string of the molecule is O=C(CCC(=O)Nc1ccccc1Cl)NNC(=O)COc1ccc(Cl)cc1Br. The van der Waals surface area contributed by atoms with Crippen LogP contribution < -0.4 is 20.9 Å². The topological polar surface area (TPSA) is 96.5 Å². The number of nitrogens with one attached hydrogen (secondary N) is 3. The summed E-state index contributed by atoms with van der Waals surface area (Å²) in [5.41, 5.74) is 4.89. The first-order valence-corrected chi connectivity index (χ1v) is 9.60. The molecule has 3 N–H and O–H groups in total. The Bertz CT molecular complexity index is 880. The summed E-state index contributed by atoms with van der Waals surface area (Å²) in [5.74, 6) is -1.02. The number of rotatable bonds is 7. The number of carbonyl (C=O) groups is 3. The van der Waals surface area contributed by atoms with Crippen molar-refractivity contribution in [1.82, 2.24) is 10.9 Å². The lowest BCUT2D eigenvalue weighted by Crippen LogP contribution is -2.44. The molecule has 2 aromatic carbocycles. The molecule has 0 spiro atoms. The van der Waals surface area contributed by atoms with Crippen molar-refractivity contribution in [3.8, 4) is 5.75 Å². The molecule has 0 aliphatic rings. The molecule has 0 aromatic heterocycles. The van der Waals surface area contributed by atoms with Crippen LogP contribution in [-0.2, 0) is 14.4 Å². The lowest BCUT2D eigenvalue weighted by Gasteiger charge is -2.10. The first-order valence-electron chi connectivity index (χ1n) is 8.05. The highest BCUT2D eigenvalue weighted by Gasteiger charge is 2.11. The van der Waals surface area contributed by atoms with Crippen LogP contribution >= 0.6 is 39.1 Å². The molecule has 148 valence electrons. The minimum absolute atomic E-state index is 0.0683. The molecular formula is C18H16BrCl2N3O4. The van der Waals surface area contributed by atoms with Gasteiger partial charge in [0.15, 0.2) is 6.61 Å². The van der Waals surface area contributed by atoms with Crippen LogP contribution in [0.3, 0.4) is 0 Å². The molecule has 0 heterocycles. The Morgan fingerprint density at radius 3 is 2.32 bits per heavy atom. The number of amides is 3. The van der Waals surface area contributed by atoms with Crippen LogP contribution in [0.2, 0.25) is 10.0 Å². The van der Waals surface area contributed by atoms with Gasteiger partial charge < -0.3 is 10.1 Å². The molecule has 0 atom stereocenters. The molecule has 10 heteroatoms. The normalized spacial score (nSPS) is 10.1. The molecule has 7 nitrogen and oxygen atoms in total. The zero-order chi connectivity index (χ0) is 20.5. The minimum atomic E-state index is -0.560. The quantitative estimate of drug-likeness (QED) is 0.517. The van der Waals surface area contributed by atoms with Crippen molar-refractivity contribution in [2.24, 2.45) is 0 Å². The van der Waals surface area contributed by atoms with Gasteiger partial charge >= 0.3 is 0 Å². The number of ether oxygens (including phenoxy) is 1. The summed E-state index contributed by atoms with van der Waals surface area (Å²) >= 11 is 15.0. The second-order valence-corrected chi connectivity index (χ2v) is 7.19. The summed E-state index contributed by atoms with van der Waals surface area (Å²) in [6.07, 6.45) is -0.179. The highest BCUT2D eigenvalue weighted by atomic mass is 79.9. The molecule has 2 rings (SSSR count). The fourth-order valence-corrected chi connectivity index (χ4v) is 2.96. The van der Waals surface area contributed by atoms with Gasteiger partial charge in [-0.1, -0.05) is 35.3 Å². The van der Waals surface area contributed by atoms with Crippen molar-refractivity contribution in [2.45, 2.75) is 12.8 Å². The third-order valence-corrected chi connectivity index (χ3v) is 4.51. The molecule has 0 aliphatic heterocycles. The Hall–Kier alpha value is -2.29. The van der Waals surface area contributed by atoms with Crippen LogP contribution in [0.25, 0.3) is 0 Å². The van der Waals surface area contributed by atoms with Crippen molar-refractivity contribution in [3.63, 3.8) is 0 Å². The molecule has 0 fully saturated rings. The van der Waals surface area contributed by atoms with Gasteiger partial charge in [0.2, 0.25) is 11.8 Å². The average Bonchev–Trinajstić information content (AvgIpc) is 2.66. The number of benzene rings is 2. The summed E-state index contributed by atoms with van der Waals surface area (Å²) in [5, 5.41) is 3.53. The Morgan fingerprint density at radius 2 is 1.61 bits per heavy atom. The molecule has 3 amide bonds. The van der Waals surface area contributed by atoms with E-state index in [-0.39, 0.29) is 25.4 Å². The van der Waals surface area contributed by atoms with Crippen LogP contribution in [0.1, 0.15) is 12.8 Å². The van der Waals surface area contributed by atoms with Gasteiger partial charge in [-0.25, -0.2) is 0 Å². The molecule has 0 radical (unpaired) electrons. The summed E-state index contributed by atoms with van der Waals surface area (Å²) in [7, 11) is 0. The van der Waals surface area contributed by atoms with E-state index in [1.54, 1.807) is 42.5 Å². The van der Waals surface area contributed by atoms with Crippen molar-refractivity contribution in [2.75, 3.05) is 11.9 Å². The number of hydrogen-bond donors (Lipinski definition) is 3. The smallest absolute Gasteiger partial charge is 0.276 e. The Balaban J connectivity index is 1.66. The maximum Gasteiger partial charge on any atom is 0.276 e. The van der Waals surface area contributed by atoms with E-state index in [9.17, 15) is 14.4 Å². The highest BCUT2D eigenvalue weighted by molar-refractivity contribution is 9.10. The van der Waals surface area contributed by atoms with E-state index < -0.39 is 11.8 Å². The molecule has 2 aromatic rings. The van der Waals surface area contributed by atoms with E-state index in [1.807, 2.05) is 0 Å². The van der Waals surface area contributed by atoms with Crippen LogP contribution in [0.15, 0.2) is 46.9 Å². The Morgan fingerprint density at radius 1 is 0.929 bits per heavy atom. The third kappa shape index (κ3) is 7.38. The second kappa shape index (κ2) is 10.9. The lowest BCUT2D eigenvalue weighted by molar-refractivity contribution is -0.130. The van der Waals surface area contributed by atoms with Crippen molar-refractivity contribution >= 4 is 62.5 Å². The van der Waals surface area contributed by atoms with Gasteiger partial charge in [0.05, 0.1) is 15.2 Å². The molecule has 28 heavy (non-hydrogen) atoms. The van der Waals surface area contributed by atoms with E-state index in [2.05, 4.69) is 32.1 Å². The Labute approximate surface area is 179 Å². The molecule has 0 bridgehead atoms. The molecule has 0 unspecified atom stereocenters. The molecular weight excluding hydrogens is 473 g/mol. The number of halogens is 3. The summed E-state index contributed by atoms with van der Waals surface area (Å²) < 4.78 is 5.91. The van der Waals surface area contributed by atoms with E-state index in [4.69, 9.17) is 27.9 Å². The monoisotopic (exact) mass is 487 g/mol. The summed E-state index contributed by atoms with van der Waals surface area (Å²) in [6.45, 7) is -0.312. The maximum atomic E-state index is 11.9. The number of hydrazine groups is 1. The predicted molar refractivity (Wildman–Crippen MR) is 110 cm³/mol. The van der Waals surface area contributed by atoms with Crippen LogP contribution in [0.4, 0.5) is 5.69 Å². The lowest BCUT2D eigenvalue weighted by atomic mass is 10.2. The number of para-hydroxylation sites is 1. The largest absolute Gasteiger partial charge is 0.483 e. The van der Waals surface area contributed by atoms with Gasteiger partial charge in [0.1, 0.15) is 5.75 Å². The van der Waals surface area contributed by atoms with Gasteiger partial charge in [-0.3, -0.25) is 25.2 Å². The van der Waals surface area contributed by atoms with Gasteiger partial charge in [-0.2, -0.15) is 0 Å². The fraction of sp³-hybridized carbons (Fsp3) is 0.167. The highest BCUT2D eigenvalue weighted by Crippen LogP contribution is 2.27. The molecule has 0 saturated heterocycles. The van der Waals surface area contributed by atoms with Crippen molar-refractivity contribution < 1.29 is 19.1 Å². The zero-order valence-electron chi connectivity index (χ0n) is 14.4. The third-order valence-electron chi connectivity index (χ3n) is 3.32. The zero-order valence-corrected chi connectivity index (χ0v) is 17.5. The van der Waals surface area contributed by atoms with Gasteiger partial charge in [-0.05, 0) is 46.3 Å². The van der Waals surface area contributed by atoms with Crippen LogP contribution in [0, 0.1) is 0 Å². The molecule has 0 aliphatic carbocycles. The van der Waals surface area contributed by atoms with Gasteiger partial charge in [-0.15, -0.1) is 0 Å². The summed E-state index contributed by atoms with van der Waals surface area (Å²) in [6, 6.07) is 11.6. The maximum absolute atomic E-state index is 11.9. The standard InChI is InChI=1S/C18H16BrCl2N3O4/c19-12-9-11(20)5-6-15(12)28-10-18(27)24-23-17(26)8-7-16(25)22-14-4-2-1-3-13(14)21/h1-6,9H,7-8,10H2,(H,22,25)(H,23,26)(H,24,27). The van der Waals surface area contributed by atoms with E-state index in [0.29, 0.717) is 26.0 Å². The van der Waals surface area contributed by atoms with Crippen molar-refractivity contribution in [1.29, 1.82) is 0 Å². The summed E-state index contributed by atoms with van der Waals surface area (Å²) in [4.78, 5) is 35.3. The van der Waals surface area contributed by atoms with E-state index in [1.165, 1.54) is 0 Å². The predicted octanol–water partition coefficient (Wildman–Crippen LogP) is 3.70. The number of anilines is 1. The number of hydrogen-bond acceptors (Lipinski definition) is 4.